The van der Waals surface area contributed by atoms with Crippen LogP contribution in [0.4, 0.5) is 11.4 Å². The third-order valence-electron chi connectivity index (χ3n) is 4.84. The van der Waals surface area contributed by atoms with E-state index in [2.05, 4.69) is 10.6 Å². The van der Waals surface area contributed by atoms with Crippen molar-refractivity contribution in [2.24, 2.45) is 11.8 Å². The molecule has 0 saturated heterocycles. The van der Waals surface area contributed by atoms with Gasteiger partial charge in [0.25, 0.3) is 0 Å². The maximum absolute atomic E-state index is 12.5. The molecular weight excluding hydrogens is 442 g/mol. The molecule has 1 fully saturated rings. The van der Waals surface area contributed by atoms with Crippen LogP contribution in [0.15, 0.2) is 36.4 Å². The second-order valence-corrected chi connectivity index (χ2v) is 8.41. The Labute approximate surface area is 183 Å². The summed E-state index contributed by atoms with van der Waals surface area (Å²) in [6.07, 6.45) is 2.58. The SMILES string of the molecule is O=C(Nc1ccc(Cl)c(Cl)c1)C1CCC(C(=O)Nc2ccc(Cl)c(Cl)c2)CC1. The molecule has 2 aromatic carbocycles. The molecule has 0 spiro atoms. The molecule has 3 rings (SSSR count). The van der Waals surface area contributed by atoms with Gasteiger partial charge in [-0.3, -0.25) is 9.59 Å². The molecule has 2 N–H and O–H groups in total. The molecule has 8 heteroatoms. The van der Waals surface area contributed by atoms with E-state index in [1.165, 1.54) is 0 Å². The van der Waals surface area contributed by atoms with E-state index in [1.54, 1.807) is 36.4 Å². The zero-order valence-corrected chi connectivity index (χ0v) is 17.8. The Bertz CT molecular complexity index is 822. The third kappa shape index (κ3) is 5.32. The fourth-order valence-corrected chi connectivity index (χ4v) is 3.85. The Hall–Kier alpha value is -1.46. The van der Waals surface area contributed by atoms with Gasteiger partial charge in [-0.2, -0.15) is 0 Å². The van der Waals surface area contributed by atoms with Crippen molar-refractivity contribution in [2.45, 2.75) is 25.7 Å². The van der Waals surface area contributed by atoms with Gasteiger partial charge in [-0.1, -0.05) is 46.4 Å². The molecule has 148 valence electrons. The average Bonchev–Trinajstić information content (AvgIpc) is 2.67. The number of hydrogen-bond donors (Lipinski definition) is 2. The summed E-state index contributed by atoms with van der Waals surface area (Å²) in [6, 6.07) is 9.95. The number of hydrogen-bond acceptors (Lipinski definition) is 2. The summed E-state index contributed by atoms with van der Waals surface area (Å²) in [7, 11) is 0. The Balaban J connectivity index is 1.51. The van der Waals surface area contributed by atoms with Crippen molar-refractivity contribution < 1.29 is 9.59 Å². The van der Waals surface area contributed by atoms with Crippen molar-refractivity contribution in [3.63, 3.8) is 0 Å². The summed E-state index contributed by atoms with van der Waals surface area (Å²) in [5, 5.41) is 7.39. The van der Waals surface area contributed by atoms with E-state index < -0.39 is 0 Å². The lowest BCUT2D eigenvalue weighted by Crippen LogP contribution is -2.32. The minimum absolute atomic E-state index is 0.0678. The summed E-state index contributed by atoms with van der Waals surface area (Å²) in [4.78, 5) is 25.0. The smallest absolute Gasteiger partial charge is 0.227 e. The number of nitrogens with one attached hydrogen (secondary N) is 2. The van der Waals surface area contributed by atoms with E-state index in [4.69, 9.17) is 46.4 Å². The number of anilines is 2. The zero-order valence-electron chi connectivity index (χ0n) is 14.8. The molecule has 1 saturated carbocycles. The van der Waals surface area contributed by atoms with Gasteiger partial charge in [0.2, 0.25) is 11.8 Å². The fraction of sp³-hybridized carbons (Fsp3) is 0.300. The molecule has 1 aliphatic rings. The second-order valence-electron chi connectivity index (χ2n) is 6.78. The monoisotopic (exact) mass is 458 g/mol. The van der Waals surface area contributed by atoms with Gasteiger partial charge < -0.3 is 10.6 Å². The molecule has 2 aromatic rings. The van der Waals surface area contributed by atoms with Crippen LogP contribution in [-0.2, 0) is 9.59 Å². The summed E-state index contributed by atoms with van der Waals surface area (Å²) < 4.78 is 0. The lowest BCUT2D eigenvalue weighted by molar-refractivity contribution is -0.125. The van der Waals surface area contributed by atoms with Crippen LogP contribution in [0.1, 0.15) is 25.7 Å². The highest BCUT2D eigenvalue weighted by Gasteiger charge is 2.30. The first-order chi connectivity index (χ1) is 13.3. The van der Waals surface area contributed by atoms with Crippen LogP contribution in [0.5, 0.6) is 0 Å². The van der Waals surface area contributed by atoms with E-state index in [1.807, 2.05) is 0 Å². The van der Waals surface area contributed by atoms with Crippen LogP contribution < -0.4 is 10.6 Å². The number of carbonyl (C=O) groups is 2. The highest BCUT2D eigenvalue weighted by Crippen LogP contribution is 2.32. The van der Waals surface area contributed by atoms with Gasteiger partial charge in [0.05, 0.1) is 20.1 Å². The summed E-state index contributed by atoms with van der Waals surface area (Å²) in [5.74, 6) is -0.407. The van der Waals surface area contributed by atoms with Gasteiger partial charge in [0.1, 0.15) is 0 Å². The van der Waals surface area contributed by atoms with Crippen molar-refractivity contribution in [1.29, 1.82) is 0 Å². The minimum Gasteiger partial charge on any atom is -0.326 e. The largest absolute Gasteiger partial charge is 0.326 e. The first-order valence-electron chi connectivity index (χ1n) is 8.85. The zero-order chi connectivity index (χ0) is 20.3. The Morgan fingerprint density at radius 3 is 1.32 bits per heavy atom. The number of carbonyl (C=O) groups excluding carboxylic acids is 2. The molecule has 0 bridgehead atoms. The van der Waals surface area contributed by atoms with Crippen molar-refractivity contribution in [1.82, 2.24) is 0 Å². The molecule has 0 radical (unpaired) electrons. The standard InChI is InChI=1S/C20H18Cl4N2O2/c21-15-7-5-13(9-17(15)23)25-19(27)11-1-2-12(4-3-11)20(28)26-14-6-8-16(22)18(24)10-14/h5-12H,1-4H2,(H,25,27)(H,26,28). The summed E-state index contributed by atoms with van der Waals surface area (Å²) >= 11 is 23.7. The second kappa shape index (κ2) is 9.36. The topological polar surface area (TPSA) is 58.2 Å². The first kappa shape index (κ1) is 21.3. The van der Waals surface area contributed by atoms with Crippen molar-refractivity contribution >= 4 is 69.6 Å². The quantitative estimate of drug-likeness (QED) is 0.535. The van der Waals surface area contributed by atoms with E-state index in [0.717, 1.165) is 0 Å². The van der Waals surface area contributed by atoms with Crippen LogP contribution >= 0.6 is 46.4 Å². The van der Waals surface area contributed by atoms with Gasteiger partial charge >= 0.3 is 0 Å². The van der Waals surface area contributed by atoms with Crippen LogP contribution in [0, 0.1) is 11.8 Å². The number of rotatable bonds is 4. The summed E-state index contributed by atoms with van der Waals surface area (Å²) in [5.41, 5.74) is 1.22. The van der Waals surface area contributed by atoms with Gasteiger partial charge in [0, 0.05) is 23.2 Å². The molecule has 0 heterocycles. The van der Waals surface area contributed by atoms with Crippen LogP contribution in [0.25, 0.3) is 0 Å². The maximum atomic E-state index is 12.5. The average molecular weight is 460 g/mol. The van der Waals surface area contributed by atoms with E-state index in [9.17, 15) is 9.59 Å². The van der Waals surface area contributed by atoms with Crippen LogP contribution in [-0.4, -0.2) is 11.8 Å². The molecule has 4 nitrogen and oxygen atoms in total. The number of amides is 2. The maximum Gasteiger partial charge on any atom is 0.227 e. The Morgan fingerprint density at radius 1 is 0.643 bits per heavy atom. The minimum atomic E-state index is -0.136. The Morgan fingerprint density at radius 2 is 1.00 bits per heavy atom. The lowest BCUT2D eigenvalue weighted by atomic mass is 9.81. The van der Waals surface area contributed by atoms with Gasteiger partial charge in [-0.05, 0) is 62.1 Å². The number of halogens is 4. The predicted molar refractivity (Wildman–Crippen MR) is 116 cm³/mol. The van der Waals surface area contributed by atoms with Gasteiger partial charge in [-0.25, -0.2) is 0 Å². The molecule has 0 atom stereocenters. The highest BCUT2D eigenvalue weighted by molar-refractivity contribution is 6.42. The Kier molecular flexibility index (Phi) is 7.10. The molecular formula is C20H18Cl4N2O2. The van der Waals surface area contributed by atoms with Crippen molar-refractivity contribution in [3.05, 3.63) is 56.5 Å². The number of benzene rings is 2. The van der Waals surface area contributed by atoms with Crippen LogP contribution in [0.3, 0.4) is 0 Å². The van der Waals surface area contributed by atoms with E-state index in [-0.39, 0.29) is 23.7 Å². The van der Waals surface area contributed by atoms with Gasteiger partial charge in [0.15, 0.2) is 0 Å². The van der Waals surface area contributed by atoms with E-state index in [0.29, 0.717) is 57.1 Å². The molecule has 0 aromatic heterocycles. The van der Waals surface area contributed by atoms with Gasteiger partial charge in [-0.15, -0.1) is 0 Å². The molecule has 2 amide bonds. The van der Waals surface area contributed by atoms with Crippen molar-refractivity contribution in [2.75, 3.05) is 10.6 Å². The molecule has 28 heavy (non-hydrogen) atoms. The normalized spacial score (nSPS) is 19.1. The van der Waals surface area contributed by atoms with E-state index >= 15 is 0 Å². The molecule has 1 aliphatic carbocycles. The highest BCUT2D eigenvalue weighted by atomic mass is 35.5. The van der Waals surface area contributed by atoms with Crippen molar-refractivity contribution in [3.8, 4) is 0 Å². The third-order valence-corrected chi connectivity index (χ3v) is 6.32. The summed E-state index contributed by atoms with van der Waals surface area (Å²) in [6.45, 7) is 0. The molecule has 0 unspecified atom stereocenters. The lowest BCUT2D eigenvalue weighted by Gasteiger charge is -2.27. The van der Waals surface area contributed by atoms with Crippen LogP contribution in [0.2, 0.25) is 20.1 Å². The molecule has 0 aliphatic heterocycles. The first-order valence-corrected chi connectivity index (χ1v) is 10.4. The fourth-order valence-electron chi connectivity index (χ4n) is 3.25. The predicted octanol–water partition coefficient (Wildman–Crippen LogP) is 6.68.